The first-order chi connectivity index (χ1) is 15.4. The van der Waals surface area contributed by atoms with E-state index in [9.17, 15) is 14.7 Å². The Morgan fingerprint density at radius 1 is 1.16 bits per heavy atom. The van der Waals surface area contributed by atoms with Crippen molar-refractivity contribution in [2.45, 2.75) is 26.1 Å². The highest BCUT2D eigenvalue weighted by Crippen LogP contribution is 2.33. The van der Waals surface area contributed by atoms with Gasteiger partial charge in [0, 0.05) is 18.9 Å². The number of pyridine rings is 3. The van der Waals surface area contributed by atoms with Crippen LogP contribution in [0, 0.1) is 0 Å². The van der Waals surface area contributed by atoms with E-state index in [1.165, 1.54) is 12.3 Å². The van der Waals surface area contributed by atoms with E-state index in [2.05, 4.69) is 4.98 Å². The van der Waals surface area contributed by atoms with Gasteiger partial charge in [-0.3, -0.25) is 9.78 Å². The van der Waals surface area contributed by atoms with Gasteiger partial charge in [-0.15, -0.1) is 0 Å². The first-order valence-corrected chi connectivity index (χ1v) is 10.5. The second-order valence-electron chi connectivity index (χ2n) is 7.80. The SMILES string of the molecule is CC(c1ccccc1)n1cc(C(=O)O)c(=O)c2cc(Cl)c(N3Cc4cccnc4C3)nc21. The van der Waals surface area contributed by atoms with Crippen LogP contribution in [0.15, 0.2) is 65.7 Å². The van der Waals surface area contributed by atoms with Crippen LogP contribution in [0.2, 0.25) is 5.02 Å². The molecule has 0 aliphatic carbocycles. The van der Waals surface area contributed by atoms with E-state index in [0.29, 0.717) is 29.6 Å². The van der Waals surface area contributed by atoms with Crippen LogP contribution in [0.5, 0.6) is 0 Å². The van der Waals surface area contributed by atoms with Crippen molar-refractivity contribution in [2.24, 2.45) is 0 Å². The number of hydrogen-bond acceptors (Lipinski definition) is 5. The van der Waals surface area contributed by atoms with E-state index < -0.39 is 11.4 Å². The zero-order valence-electron chi connectivity index (χ0n) is 17.2. The molecule has 0 fully saturated rings. The fourth-order valence-electron chi connectivity index (χ4n) is 4.15. The Hall–Kier alpha value is -3.71. The molecule has 1 atom stereocenters. The van der Waals surface area contributed by atoms with Crippen molar-refractivity contribution in [2.75, 3.05) is 4.90 Å². The Bertz CT molecular complexity index is 1390. The molecule has 0 amide bonds. The number of benzene rings is 1. The number of carboxylic acid groups (broad SMARTS) is 1. The first kappa shape index (κ1) is 20.2. The molecule has 3 aromatic heterocycles. The molecule has 1 aliphatic rings. The highest BCUT2D eigenvalue weighted by molar-refractivity contribution is 6.33. The van der Waals surface area contributed by atoms with Crippen LogP contribution in [0.1, 0.15) is 40.1 Å². The van der Waals surface area contributed by atoms with Crippen LogP contribution in [0.25, 0.3) is 11.0 Å². The van der Waals surface area contributed by atoms with Gasteiger partial charge in [0.2, 0.25) is 5.43 Å². The Kier molecular flexibility index (Phi) is 4.90. The number of carboxylic acids is 1. The summed E-state index contributed by atoms with van der Waals surface area (Å²) < 4.78 is 1.73. The topological polar surface area (TPSA) is 88.3 Å². The third-order valence-corrected chi connectivity index (χ3v) is 6.13. The van der Waals surface area contributed by atoms with Crippen molar-refractivity contribution in [3.05, 3.63) is 98.6 Å². The van der Waals surface area contributed by atoms with Crippen molar-refractivity contribution in [3.63, 3.8) is 0 Å². The van der Waals surface area contributed by atoms with E-state index in [4.69, 9.17) is 16.6 Å². The maximum Gasteiger partial charge on any atom is 0.341 e. The van der Waals surface area contributed by atoms with Crippen LogP contribution in [-0.4, -0.2) is 25.6 Å². The molecule has 0 saturated heterocycles. The molecule has 8 heteroatoms. The van der Waals surface area contributed by atoms with Crippen LogP contribution in [-0.2, 0) is 13.1 Å². The molecule has 4 heterocycles. The van der Waals surface area contributed by atoms with Crippen molar-refractivity contribution in [3.8, 4) is 0 Å². The molecular weight excluding hydrogens is 428 g/mol. The second kappa shape index (κ2) is 7.76. The second-order valence-corrected chi connectivity index (χ2v) is 8.21. The maximum absolute atomic E-state index is 12.9. The largest absolute Gasteiger partial charge is 0.477 e. The average molecular weight is 447 g/mol. The maximum atomic E-state index is 12.9. The lowest BCUT2D eigenvalue weighted by Gasteiger charge is -2.22. The van der Waals surface area contributed by atoms with E-state index in [1.54, 1.807) is 10.8 Å². The van der Waals surface area contributed by atoms with Crippen LogP contribution >= 0.6 is 11.6 Å². The van der Waals surface area contributed by atoms with E-state index >= 15 is 0 Å². The smallest absolute Gasteiger partial charge is 0.341 e. The van der Waals surface area contributed by atoms with Gasteiger partial charge in [-0.1, -0.05) is 48.0 Å². The summed E-state index contributed by atoms with van der Waals surface area (Å²) in [6.07, 6.45) is 3.13. The fraction of sp³-hybridized carbons (Fsp3) is 0.167. The summed E-state index contributed by atoms with van der Waals surface area (Å²) >= 11 is 6.56. The van der Waals surface area contributed by atoms with Crippen molar-refractivity contribution >= 4 is 34.4 Å². The van der Waals surface area contributed by atoms with Gasteiger partial charge in [0.1, 0.15) is 11.2 Å². The van der Waals surface area contributed by atoms with Gasteiger partial charge in [-0.05, 0) is 30.2 Å². The number of nitrogens with zero attached hydrogens (tertiary/aromatic N) is 4. The minimum Gasteiger partial charge on any atom is -0.477 e. The van der Waals surface area contributed by atoms with E-state index in [1.807, 2.05) is 54.3 Å². The predicted octanol–water partition coefficient (Wildman–Crippen LogP) is 4.27. The molecule has 5 rings (SSSR count). The van der Waals surface area contributed by atoms with Gasteiger partial charge >= 0.3 is 5.97 Å². The quantitative estimate of drug-likeness (QED) is 0.503. The molecule has 1 unspecified atom stereocenters. The molecule has 1 N–H and O–H groups in total. The number of aromatic carboxylic acids is 1. The van der Waals surface area contributed by atoms with E-state index in [-0.39, 0.29) is 17.0 Å². The molecule has 7 nitrogen and oxygen atoms in total. The van der Waals surface area contributed by atoms with Crippen molar-refractivity contribution in [1.29, 1.82) is 0 Å². The summed E-state index contributed by atoms with van der Waals surface area (Å²) in [7, 11) is 0. The van der Waals surface area contributed by atoms with Gasteiger partial charge in [-0.2, -0.15) is 0 Å². The summed E-state index contributed by atoms with van der Waals surface area (Å²) in [4.78, 5) is 35.9. The summed E-state index contributed by atoms with van der Waals surface area (Å²) in [5, 5.41) is 10.1. The number of halogens is 1. The Morgan fingerprint density at radius 3 is 2.66 bits per heavy atom. The molecule has 1 aromatic carbocycles. The Balaban J connectivity index is 1.71. The van der Waals surface area contributed by atoms with Crippen LogP contribution in [0.4, 0.5) is 5.82 Å². The highest BCUT2D eigenvalue weighted by Gasteiger charge is 2.26. The zero-order chi connectivity index (χ0) is 22.4. The lowest BCUT2D eigenvalue weighted by molar-refractivity contribution is 0.0694. The highest BCUT2D eigenvalue weighted by atomic mass is 35.5. The van der Waals surface area contributed by atoms with Gasteiger partial charge in [-0.25, -0.2) is 9.78 Å². The van der Waals surface area contributed by atoms with Gasteiger partial charge in [0.05, 0.1) is 28.7 Å². The number of anilines is 1. The van der Waals surface area contributed by atoms with Crippen LogP contribution in [0.3, 0.4) is 0 Å². The number of hydrogen-bond donors (Lipinski definition) is 1. The lowest BCUT2D eigenvalue weighted by atomic mass is 10.1. The minimum atomic E-state index is -1.29. The Labute approximate surface area is 188 Å². The molecular formula is C24H19ClN4O3. The average Bonchev–Trinajstić information content (AvgIpc) is 3.23. The summed E-state index contributed by atoms with van der Waals surface area (Å²) in [6, 6.07) is 14.8. The summed E-state index contributed by atoms with van der Waals surface area (Å²) in [5.74, 6) is -0.749. The van der Waals surface area contributed by atoms with Gasteiger partial charge < -0.3 is 14.6 Å². The molecule has 32 heavy (non-hydrogen) atoms. The summed E-state index contributed by atoms with van der Waals surface area (Å²) in [5.41, 5.74) is 2.49. The third-order valence-electron chi connectivity index (χ3n) is 5.85. The monoisotopic (exact) mass is 446 g/mol. The summed E-state index contributed by atoms with van der Waals surface area (Å²) in [6.45, 7) is 3.10. The van der Waals surface area contributed by atoms with Gasteiger partial charge in [0.15, 0.2) is 5.82 Å². The number of carbonyl (C=O) groups is 1. The van der Waals surface area contributed by atoms with Crippen molar-refractivity contribution in [1.82, 2.24) is 14.5 Å². The normalized spacial score (nSPS) is 13.9. The number of fused-ring (bicyclic) bond motifs is 2. The van der Waals surface area contributed by atoms with Crippen molar-refractivity contribution < 1.29 is 9.90 Å². The standard InChI is InChI=1S/C24H19ClN4O3/c1-14(15-6-3-2-4-7-15)29-12-18(24(31)32)21(30)17-10-19(25)23(27-22(17)29)28-11-16-8-5-9-26-20(16)13-28/h2-10,12,14H,11,13H2,1H3,(H,31,32). The lowest BCUT2D eigenvalue weighted by Crippen LogP contribution is -2.23. The molecule has 0 saturated carbocycles. The molecule has 160 valence electrons. The number of aromatic nitrogens is 3. The molecule has 0 bridgehead atoms. The molecule has 0 spiro atoms. The third kappa shape index (κ3) is 3.31. The number of rotatable bonds is 4. The van der Waals surface area contributed by atoms with E-state index in [0.717, 1.165) is 16.8 Å². The predicted molar refractivity (Wildman–Crippen MR) is 122 cm³/mol. The van der Waals surface area contributed by atoms with Crippen LogP contribution < -0.4 is 10.3 Å². The first-order valence-electron chi connectivity index (χ1n) is 10.2. The molecule has 4 aromatic rings. The molecule has 1 aliphatic heterocycles. The molecule has 0 radical (unpaired) electrons. The van der Waals surface area contributed by atoms with Gasteiger partial charge in [0.25, 0.3) is 0 Å². The Morgan fingerprint density at radius 2 is 1.94 bits per heavy atom. The fourth-order valence-corrected chi connectivity index (χ4v) is 4.42. The zero-order valence-corrected chi connectivity index (χ0v) is 18.0. The minimum absolute atomic E-state index is 0.177.